The molecular formula is C15H26N2O2. The average Bonchev–Trinajstić information content (AvgIpc) is 2.95. The van der Waals surface area contributed by atoms with Crippen LogP contribution in [-0.2, 0) is 4.79 Å². The summed E-state index contributed by atoms with van der Waals surface area (Å²) in [5, 5.41) is 12.4. The van der Waals surface area contributed by atoms with Gasteiger partial charge in [0, 0.05) is 30.8 Å². The van der Waals surface area contributed by atoms with E-state index in [0.717, 1.165) is 50.9 Å². The van der Waals surface area contributed by atoms with Crippen molar-refractivity contribution >= 4 is 11.6 Å². The summed E-state index contributed by atoms with van der Waals surface area (Å²) in [7, 11) is 0. The SMILES string of the molecule is CCC1CN(C(=O)C2(CC)CCCC2)CCC1=NO. The lowest BCUT2D eigenvalue weighted by Gasteiger charge is -2.38. The molecule has 0 aromatic rings. The van der Waals surface area contributed by atoms with Gasteiger partial charge in [-0.2, -0.15) is 0 Å². The molecule has 108 valence electrons. The molecule has 0 radical (unpaired) electrons. The third-order valence-electron chi connectivity index (χ3n) is 5.15. The summed E-state index contributed by atoms with van der Waals surface area (Å²) in [6.45, 7) is 5.69. The Morgan fingerprint density at radius 3 is 2.63 bits per heavy atom. The van der Waals surface area contributed by atoms with Gasteiger partial charge in [0.25, 0.3) is 0 Å². The molecule has 2 rings (SSSR count). The van der Waals surface area contributed by atoms with E-state index < -0.39 is 0 Å². The van der Waals surface area contributed by atoms with Crippen molar-refractivity contribution in [1.82, 2.24) is 4.90 Å². The summed E-state index contributed by atoms with van der Waals surface area (Å²) in [6, 6.07) is 0. The van der Waals surface area contributed by atoms with E-state index in [4.69, 9.17) is 5.21 Å². The fraction of sp³-hybridized carbons (Fsp3) is 0.867. The molecule has 4 heteroatoms. The summed E-state index contributed by atoms with van der Waals surface area (Å²) in [6.07, 6.45) is 7.10. The molecule has 1 aliphatic carbocycles. The highest BCUT2D eigenvalue weighted by atomic mass is 16.4. The van der Waals surface area contributed by atoms with Crippen molar-refractivity contribution in [2.75, 3.05) is 13.1 Å². The van der Waals surface area contributed by atoms with Gasteiger partial charge < -0.3 is 10.1 Å². The molecule has 4 nitrogen and oxygen atoms in total. The first-order chi connectivity index (χ1) is 9.16. The lowest BCUT2D eigenvalue weighted by atomic mass is 9.80. The number of piperidine rings is 1. The Hall–Kier alpha value is -1.06. The maximum Gasteiger partial charge on any atom is 0.228 e. The van der Waals surface area contributed by atoms with Crippen molar-refractivity contribution < 1.29 is 10.0 Å². The number of likely N-dealkylation sites (tertiary alicyclic amines) is 1. The van der Waals surface area contributed by atoms with Crippen LogP contribution in [0, 0.1) is 11.3 Å². The van der Waals surface area contributed by atoms with Gasteiger partial charge in [-0.15, -0.1) is 0 Å². The maximum absolute atomic E-state index is 12.8. The van der Waals surface area contributed by atoms with Crippen LogP contribution in [0.1, 0.15) is 58.8 Å². The number of oxime groups is 1. The fourth-order valence-corrected chi connectivity index (χ4v) is 3.70. The molecule has 0 aromatic carbocycles. The molecule has 1 heterocycles. The first-order valence-electron chi connectivity index (χ1n) is 7.67. The standard InChI is InChI=1S/C15H26N2O2/c1-3-12-11-17(10-7-13(12)16-19)14(18)15(4-2)8-5-6-9-15/h12,19H,3-11H2,1-2H3. The van der Waals surface area contributed by atoms with Crippen LogP contribution < -0.4 is 0 Å². The molecule has 1 amide bonds. The molecule has 0 bridgehead atoms. The van der Waals surface area contributed by atoms with E-state index in [9.17, 15) is 4.79 Å². The molecule has 0 aromatic heterocycles. The van der Waals surface area contributed by atoms with Crippen molar-refractivity contribution in [2.24, 2.45) is 16.5 Å². The predicted molar refractivity (Wildman–Crippen MR) is 75.4 cm³/mol. The van der Waals surface area contributed by atoms with E-state index in [-0.39, 0.29) is 11.3 Å². The Morgan fingerprint density at radius 2 is 2.11 bits per heavy atom. The normalized spacial score (nSPS) is 28.8. The second kappa shape index (κ2) is 5.93. The van der Waals surface area contributed by atoms with E-state index in [2.05, 4.69) is 19.0 Å². The Morgan fingerprint density at radius 1 is 1.42 bits per heavy atom. The van der Waals surface area contributed by atoms with Crippen molar-refractivity contribution in [3.8, 4) is 0 Å². The second-order valence-corrected chi connectivity index (χ2v) is 6.04. The highest BCUT2D eigenvalue weighted by Crippen LogP contribution is 2.43. The molecule has 0 spiro atoms. The largest absolute Gasteiger partial charge is 0.411 e. The number of carbonyl (C=O) groups excluding carboxylic acids is 1. The molecule has 1 N–H and O–H groups in total. The zero-order chi connectivity index (χ0) is 13.9. The van der Waals surface area contributed by atoms with Crippen LogP contribution in [0.5, 0.6) is 0 Å². The topological polar surface area (TPSA) is 52.9 Å². The smallest absolute Gasteiger partial charge is 0.228 e. The lowest BCUT2D eigenvalue weighted by molar-refractivity contribution is -0.143. The predicted octanol–water partition coefficient (Wildman–Crippen LogP) is 3.05. The fourth-order valence-electron chi connectivity index (χ4n) is 3.70. The Labute approximate surface area is 115 Å². The van der Waals surface area contributed by atoms with Gasteiger partial charge >= 0.3 is 0 Å². The number of carbonyl (C=O) groups is 1. The first kappa shape index (κ1) is 14.4. The maximum atomic E-state index is 12.8. The number of nitrogens with zero attached hydrogens (tertiary/aromatic N) is 2. The van der Waals surface area contributed by atoms with Crippen molar-refractivity contribution in [2.45, 2.75) is 58.8 Å². The van der Waals surface area contributed by atoms with Gasteiger partial charge in [-0.1, -0.05) is 31.8 Å². The second-order valence-electron chi connectivity index (χ2n) is 6.04. The summed E-state index contributed by atoms with van der Waals surface area (Å²) >= 11 is 0. The van der Waals surface area contributed by atoms with E-state index in [0.29, 0.717) is 5.91 Å². The Bertz CT molecular complexity index is 359. The molecule has 1 atom stereocenters. The monoisotopic (exact) mass is 266 g/mol. The third-order valence-corrected chi connectivity index (χ3v) is 5.15. The number of hydrogen-bond acceptors (Lipinski definition) is 3. The Balaban J connectivity index is 2.08. The van der Waals surface area contributed by atoms with E-state index in [1.165, 1.54) is 12.8 Å². The molecule has 19 heavy (non-hydrogen) atoms. The molecular weight excluding hydrogens is 240 g/mol. The van der Waals surface area contributed by atoms with Gasteiger partial charge in [-0.3, -0.25) is 4.79 Å². The van der Waals surface area contributed by atoms with Crippen LogP contribution in [-0.4, -0.2) is 34.8 Å². The highest BCUT2D eigenvalue weighted by Gasteiger charge is 2.43. The van der Waals surface area contributed by atoms with E-state index in [1.807, 2.05) is 4.90 Å². The summed E-state index contributed by atoms with van der Waals surface area (Å²) < 4.78 is 0. The summed E-state index contributed by atoms with van der Waals surface area (Å²) in [5.74, 6) is 0.584. The van der Waals surface area contributed by atoms with Crippen LogP contribution in [0.4, 0.5) is 0 Å². The quantitative estimate of drug-likeness (QED) is 0.630. The minimum Gasteiger partial charge on any atom is -0.411 e. The number of hydrogen-bond donors (Lipinski definition) is 1. The zero-order valence-corrected chi connectivity index (χ0v) is 12.2. The highest BCUT2D eigenvalue weighted by molar-refractivity contribution is 5.90. The number of rotatable bonds is 3. The van der Waals surface area contributed by atoms with Gasteiger partial charge in [0.15, 0.2) is 0 Å². The van der Waals surface area contributed by atoms with Crippen LogP contribution in [0.15, 0.2) is 5.16 Å². The van der Waals surface area contributed by atoms with Crippen molar-refractivity contribution in [1.29, 1.82) is 0 Å². The van der Waals surface area contributed by atoms with Crippen LogP contribution >= 0.6 is 0 Å². The van der Waals surface area contributed by atoms with E-state index in [1.54, 1.807) is 0 Å². The first-order valence-corrected chi connectivity index (χ1v) is 7.67. The Kier molecular flexibility index (Phi) is 4.48. The molecule has 1 unspecified atom stereocenters. The van der Waals surface area contributed by atoms with Crippen LogP contribution in [0.25, 0.3) is 0 Å². The van der Waals surface area contributed by atoms with Crippen molar-refractivity contribution in [3.05, 3.63) is 0 Å². The lowest BCUT2D eigenvalue weighted by Crippen LogP contribution is -2.49. The third kappa shape index (κ3) is 2.63. The molecule has 2 fully saturated rings. The molecule has 1 saturated carbocycles. The van der Waals surface area contributed by atoms with Gasteiger partial charge in [-0.05, 0) is 25.7 Å². The average molecular weight is 266 g/mol. The van der Waals surface area contributed by atoms with Crippen LogP contribution in [0.3, 0.4) is 0 Å². The van der Waals surface area contributed by atoms with Crippen molar-refractivity contribution in [3.63, 3.8) is 0 Å². The van der Waals surface area contributed by atoms with Crippen LogP contribution in [0.2, 0.25) is 0 Å². The molecule has 1 aliphatic heterocycles. The van der Waals surface area contributed by atoms with Gasteiger partial charge in [0.1, 0.15) is 0 Å². The number of amides is 1. The van der Waals surface area contributed by atoms with Gasteiger partial charge in [0.2, 0.25) is 5.91 Å². The summed E-state index contributed by atoms with van der Waals surface area (Å²) in [5.41, 5.74) is 0.773. The summed E-state index contributed by atoms with van der Waals surface area (Å²) in [4.78, 5) is 14.9. The molecule has 2 aliphatic rings. The van der Waals surface area contributed by atoms with Gasteiger partial charge in [-0.25, -0.2) is 0 Å². The van der Waals surface area contributed by atoms with E-state index >= 15 is 0 Å². The minimum absolute atomic E-state index is 0.0911. The minimum atomic E-state index is -0.0911. The van der Waals surface area contributed by atoms with Gasteiger partial charge in [0.05, 0.1) is 5.71 Å². The molecule has 1 saturated heterocycles. The zero-order valence-electron chi connectivity index (χ0n) is 12.2.